The van der Waals surface area contributed by atoms with Crippen molar-refractivity contribution in [3.8, 4) is 0 Å². The molecule has 10 atom stereocenters. The maximum absolute atomic E-state index is 14.6. The molecule has 0 aliphatic carbocycles. The lowest BCUT2D eigenvalue weighted by molar-refractivity contribution is -0.149. The van der Waals surface area contributed by atoms with E-state index in [9.17, 15) is 81.8 Å². The third-order valence-corrected chi connectivity index (χ3v) is 21.0. The zero-order chi connectivity index (χ0) is 106. The van der Waals surface area contributed by atoms with Crippen LogP contribution in [0.2, 0.25) is 0 Å². The van der Waals surface area contributed by atoms with Crippen LogP contribution >= 0.6 is 0 Å². The molecule has 0 bridgehead atoms. The van der Waals surface area contributed by atoms with Crippen molar-refractivity contribution in [3.63, 3.8) is 0 Å². The van der Waals surface area contributed by atoms with Gasteiger partial charge in [0.15, 0.2) is 11.1 Å². The molecule has 2 aliphatic heterocycles. The number of ether oxygens (including phenoxy) is 8. The highest BCUT2D eigenvalue weighted by molar-refractivity contribution is 5.98. The Kier molecular flexibility index (Phi) is 46.3. The molecule has 39 heteroatoms. The van der Waals surface area contributed by atoms with Crippen molar-refractivity contribution in [2.45, 2.75) is 336 Å². The number of nitrogens with zero attached hydrogens (tertiary/aromatic N) is 1. The van der Waals surface area contributed by atoms with Crippen molar-refractivity contribution >= 4 is 95.8 Å². The van der Waals surface area contributed by atoms with E-state index < -0.39 is 200 Å². The number of unbranched alkanes of at least 4 members (excludes halogenated alkanes) is 2. The number of methoxy groups -OCH3 is 2. The molecule has 0 saturated carbocycles. The molecule has 2 fully saturated rings. The Morgan fingerprint density at radius 3 is 0.929 bits per heavy atom. The summed E-state index contributed by atoms with van der Waals surface area (Å²) in [6, 6.07) is 26.3. The first kappa shape index (κ1) is 120. The summed E-state index contributed by atoms with van der Waals surface area (Å²) in [6.45, 7) is 42.5. The molecule has 13 amide bonds. The molecular weight excluding hydrogens is 1820 g/mol. The summed E-state index contributed by atoms with van der Waals surface area (Å²) in [6.07, 6.45) is -1.93. The van der Waals surface area contributed by atoms with Crippen LogP contribution in [-0.4, -0.2) is 252 Å². The summed E-state index contributed by atoms with van der Waals surface area (Å²) in [4.78, 5) is 213. The van der Waals surface area contributed by atoms with Gasteiger partial charge in [0.2, 0.25) is 41.4 Å². The number of carboxylic acids is 1. The van der Waals surface area contributed by atoms with Crippen LogP contribution in [0.1, 0.15) is 240 Å². The van der Waals surface area contributed by atoms with E-state index in [1.807, 2.05) is 36.4 Å². The van der Waals surface area contributed by atoms with Gasteiger partial charge in [0.05, 0.1) is 20.8 Å². The number of carbonyl (C=O) groups excluding carboxylic acids is 15. The van der Waals surface area contributed by atoms with Gasteiger partial charge in [-0.25, -0.2) is 43.2 Å². The summed E-state index contributed by atoms with van der Waals surface area (Å²) < 4.78 is 41.8. The number of nitrogens with one attached hydrogen (secondary N) is 13. The normalized spacial score (nSPS) is 16.6. The van der Waals surface area contributed by atoms with Crippen LogP contribution in [-0.2, 0) is 112 Å². The second-order valence-corrected chi connectivity index (χ2v) is 43.0. The maximum atomic E-state index is 14.6. The van der Waals surface area contributed by atoms with E-state index in [-0.39, 0.29) is 71.1 Å². The number of carboxylic acid groups (broad SMARTS) is 1. The average molecular weight is 1980 g/mol. The van der Waals surface area contributed by atoms with Crippen LogP contribution in [0, 0.1) is 10.8 Å². The van der Waals surface area contributed by atoms with Gasteiger partial charge in [-0.05, 0) is 209 Å². The Morgan fingerprint density at radius 1 is 0.340 bits per heavy atom. The van der Waals surface area contributed by atoms with E-state index in [0.717, 1.165) is 16.7 Å². The van der Waals surface area contributed by atoms with Crippen molar-refractivity contribution in [3.05, 3.63) is 144 Å². The smallest absolute Gasteiger partial charge is 0.408 e. The zero-order valence-electron chi connectivity index (χ0n) is 87.1. The SMILES string of the molecule is CC(C)(C)OC(=O)NCCCC[C@@H](NC(=O)[C@H](NC(=O)[C@@H](Cc1ccccc1)NC(=O)[C@@H](Cc1ccccc1)NC(=O)OC(C)(C)C)C(C)(C)C)C(=O)O.COC(=O)C1(NC(=O)OC(C)(C)C)CCN(C(=O)[C@@H](CCCCNC(=O)OC(C)(C)C)NC(=O)[C@H](NC(=O)[C@@H](Cc2ccccc2)NC(=O)[C@@H](Cc2ccccc2)NC(=O)OC(C)(C)C)C(C)(C)C)C1.COC(=O)C1(NC(=O)OC(C)(C)C)CCNC1. The van der Waals surface area contributed by atoms with Gasteiger partial charge in [-0.1, -0.05) is 163 Å². The molecule has 39 nitrogen and oxygen atoms in total. The van der Waals surface area contributed by atoms with E-state index in [2.05, 4.69) is 69.1 Å². The van der Waals surface area contributed by atoms with E-state index >= 15 is 0 Å². The first-order valence-corrected chi connectivity index (χ1v) is 47.6. The molecule has 0 spiro atoms. The van der Waals surface area contributed by atoms with E-state index in [1.165, 1.54) is 19.1 Å². The Bertz CT molecular complexity index is 4770. The van der Waals surface area contributed by atoms with E-state index in [4.69, 9.17) is 37.9 Å². The van der Waals surface area contributed by atoms with Gasteiger partial charge < -0.3 is 117 Å². The Hall–Kier alpha value is -12.8. The third kappa shape index (κ3) is 46.4. The van der Waals surface area contributed by atoms with Crippen LogP contribution < -0.4 is 69.1 Å². The van der Waals surface area contributed by atoms with Crippen molar-refractivity contribution in [2.75, 3.05) is 53.5 Å². The molecule has 4 aromatic carbocycles. The summed E-state index contributed by atoms with van der Waals surface area (Å²) in [5.74, 6) is -7.21. The van der Waals surface area contributed by atoms with Gasteiger partial charge in [0, 0.05) is 58.3 Å². The second kappa shape index (κ2) is 54.2. The fourth-order valence-electron chi connectivity index (χ4n) is 14.4. The topological polar surface area (TPSA) is 527 Å². The van der Waals surface area contributed by atoms with Gasteiger partial charge >= 0.3 is 54.5 Å². The van der Waals surface area contributed by atoms with Crippen LogP contribution in [0.15, 0.2) is 121 Å². The van der Waals surface area contributed by atoms with Gasteiger partial charge in [-0.3, -0.25) is 33.6 Å². The molecule has 2 saturated heterocycles. The largest absolute Gasteiger partial charge is 0.480 e. The molecule has 0 radical (unpaired) electrons. The minimum Gasteiger partial charge on any atom is -0.480 e. The molecule has 6 rings (SSSR count). The molecule has 141 heavy (non-hydrogen) atoms. The highest BCUT2D eigenvalue weighted by atomic mass is 16.6. The Labute approximate surface area is 829 Å². The predicted molar refractivity (Wildman–Crippen MR) is 528 cm³/mol. The lowest BCUT2D eigenvalue weighted by Crippen LogP contribution is -2.62. The molecule has 784 valence electrons. The quantitative estimate of drug-likeness (QED) is 0.0113. The highest BCUT2D eigenvalue weighted by Gasteiger charge is 2.51. The number of likely N-dealkylation sites (tertiary alicyclic amines) is 1. The zero-order valence-corrected chi connectivity index (χ0v) is 87.1. The van der Waals surface area contributed by atoms with Crippen LogP contribution in [0.5, 0.6) is 0 Å². The number of hydrogen-bond donors (Lipinski definition) is 14. The van der Waals surface area contributed by atoms with Crippen molar-refractivity contribution < 1.29 is 120 Å². The highest BCUT2D eigenvalue weighted by Crippen LogP contribution is 2.29. The molecule has 2 aliphatic rings. The lowest BCUT2D eigenvalue weighted by Gasteiger charge is -2.34. The Morgan fingerprint density at radius 2 is 0.624 bits per heavy atom. The second-order valence-electron chi connectivity index (χ2n) is 43.0. The lowest BCUT2D eigenvalue weighted by atomic mass is 9.85. The first-order valence-electron chi connectivity index (χ1n) is 47.6. The molecule has 4 aromatic rings. The third-order valence-electron chi connectivity index (χ3n) is 21.0. The van der Waals surface area contributed by atoms with Crippen molar-refractivity contribution in [1.29, 1.82) is 0 Å². The number of amides is 13. The van der Waals surface area contributed by atoms with Crippen LogP contribution in [0.25, 0.3) is 0 Å². The summed E-state index contributed by atoms with van der Waals surface area (Å²) >= 11 is 0. The maximum Gasteiger partial charge on any atom is 0.408 e. The standard InChI is InChI=1S/C51H77N7O12.C40H59N5O9.C11H20N2O4/c1-47(2,3)38(56-40(60)36(30-33-22-16-14-17-23-33)54-39(59)37(31-34-24-18-15-19-25-34)55-45(65)69-49(7,8)9)41(61)53-35(26-20-21-28-52-44(64)68-48(4,5)6)42(62)58-29-27-51(32-58,43(63)67-13)57-46(66)70-50(10,11)12;1-38(2,3)31(34(48)42-28(35(49)50)22-16-17-23-41-36(51)53-39(4,5)6)45-33(47)29(24-26-18-12-10-13-19-26)43-32(46)30(25-27-20-14-11-15-21-27)44-37(52)54-40(7,8)9;1-10(2,3)17-9(15)13-11(8(14)16-4)5-6-12-7-11/h14-19,22-25,35-38H,20-21,26-32H2,1-13H3,(H,52,64)(H,53,61)(H,54,59)(H,55,65)(H,56,60)(H,57,66);10-15,18-21,28-31H,16-17,22-25H2,1-9H3,(H,41,51)(H,42,48)(H,43,46)(H,44,52)(H,45,47)(H,49,50);12H,5-7H2,1-4H3,(H,13,15)/t35-,36-,37-,38+,51?;28-,29-,30-,31+;/m11./s1. The number of benzene rings is 4. The molecule has 14 N–H and O–H groups in total. The summed E-state index contributed by atoms with van der Waals surface area (Å²) in [5.41, 5.74) is -6.12. The monoisotopic (exact) mass is 1980 g/mol. The number of rotatable bonds is 38. The fraction of sp³-hybridized carbons (Fsp3) is 0.608. The van der Waals surface area contributed by atoms with E-state index in [0.29, 0.717) is 50.8 Å². The number of carbonyl (C=O) groups is 16. The fourth-order valence-corrected chi connectivity index (χ4v) is 14.4. The van der Waals surface area contributed by atoms with Gasteiger partial charge in [0.1, 0.15) is 81.9 Å². The number of hydrogen-bond acceptors (Lipinski definition) is 25. The van der Waals surface area contributed by atoms with Crippen LogP contribution in [0.3, 0.4) is 0 Å². The summed E-state index contributed by atoms with van der Waals surface area (Å²) in [5, 5.41) is 45.4. The van der Waals surface area contributed by atoms with Crippen LogP contribution in [0.4, 0.5) is 28.8 Å². The number of aliphatic carboxylic acids is 1. The number of esters is 2. The van der Waals surface area contributed by atoms with Gasteiger partial charge in [-0.2, -0.15) is 0 Å². The molecular formula is C102H156N14O25. The van der Waals surface area contributed by atoms with E-state index in [1.54, 1.807) is 251 Å². The molecule has 2 heterocycles. The van der Waals surface area contributed by atoms with Gasteiger partial charge in [0.25, 0.3) is 0 Å². The summed E-state index contributed by atoms with van der Waals surface area (Å²) in [7, 11) is 2.47. The minimum atomic E-state index is -1.65. The van der Waals surface area contributed by atoms with Crippen molar-refractivity contribution in [1.82, 2.24) is 74.0 Å². The molecule has 2 unspecified atom stereocenters. The predicted octanol–water partition coefficient (Wildman–Crippen LogP) is 10.3. The average Bonchev–Trinajstić information content (AvgIpc) is 1.65. The Balaban J connectivity index is 0.000000514. The molecule has 0 aromatic heterocycles. The number of alkyl carbamates (subject to hydrolysis) is 6. The first-order chi connectivity index (χ1) is 65.2. The minimum absolute atomic E-state index is 0.00461. The van der Waals surface area contributed by atoms with Crippen molar-refractivity contribution in [2.24, 2.45) is 10.8 Å². The van der Waals surface area contributed by atoms with Gasteiger partial charge in [-0.15, -0.1) is 0 Å².